The number of carbonyl (C=O) groups is 2. The number of aliphatic hydroxyl groups excluding tert-OH is 1. The molecule has 0 radical (unpaired) electrons. The van der Waals surface area contributed by atoms with Crippen molar-refractivity contribution in [3.8, 4) is 0 Å². The first-order valence-electron chi connectivity index (χ1n) is 23.9. The molecule has 1 spiro atoms. The molecule has 0 aromatic heterocycles. The number of rotatable bonds is 7. The molecule has 332 valence electrons. The summed E-state index contributed by atoms with van der Waals surface area (Å²) in [6, 6.07) is 0.786. The largest absolute Gasteiger partial charge is 0.457 e. The van der Waals surface area contributed by atoms with Gasteiger partial charge in [0.25, 0.3) is 0 Å². The summed E-state index contributed by atoms with van der Waals surface area (Å²) in [6.07, 6.45) is 14.5. The number of carbonyl (C=O) groups excluding carboxylic acids is 2. The molecule has 0 bridgehead atoms. The van der Waals surface area contributed by atoms with Gasteiger partial charge in [0.15, 0.2) is 5.60 Å². The fourth-order valence-corrected chi connectivity index (χ4v) is 14.9. The molecule has 2 saturated carbocycles. The van der Waals surface area contributed by atoms with Crippen LogP contribution in [0.5, 0.6) is 0 Å². The Morgan fingerprint density at radius 3 is 2.68 bits per heavy atom. The monoisotopic (exact) mass is 837 g/mol. The molecule has 11 N–H and O–H groups in total. The summed E-state index contributed by atoms with van der Waals surface area (Å²) in [5, 5.41) is 20.6. The van der Waals surface area contributed by atoms with Gasteiger partial charge in [0.2, 0.25) is 0 Å². The van der Waals surface area contributed by atoms with Gasteiger partial charge in [0.1, 0.15) is 42.1 Å². The number of Topliss-reactive ketones (excluding diaryl/α,β-unsaturated/α-hetero) is 1. The molecule has 0 aromatic rings. The van der Waals surface area contributed by atoms with Crippen LogP contribution in [0.4, 0.5) is 0 Å². The van der Waals surface area contributed by atoms with Crippen molar-refractivity contribution in [3.05, 3.63) is 24.0 Å². The molecule has 10 rings (SSSR count). The minimum atomic E-state index is -0.966. The molecule has 8 aliphatic heterocycles. The fraction of sp³-hybridized carbons (Fsp3) is 0.848. The summed E-state index contributed by atoms with van der Waals surface area (Å²) in [5.41, 5.74) is 14.6. The number of esters is 1. The van der Waals surface area contributed by atoms with Gasteiger partial charge in [-0.15, -0.1) is 0 Å². The third-order valence-corrected chi connectivity index (χ3v) is 17.4. The molecule has 6 saturated heterocycles. The second-order valence-electron chi connectivity index (χ2n) is 21.6. The number of ketones is 1. The molecule has 60 heavy (non-hydrogen) atoms. The highest BCUT2D eigenvalue weighted by atomic mass is 16.7. The van der Waals surface area contributed by atoms with E-state index in [0.717, 1.165) is 64.6 Å². The first-order chi connectivity index (χ1) is 28.8. The molecular formula is C46H74N7O7+3. The van der Waals surface area contributed by atoms with E-state index in [9.17, 15) is 14.7 Å². The number of nitrogens with zero attached hydrogens (tertiary/aromatic N) is 1. The molecular weight excluding hydrogens is 763 g/mol. The van der Waals surface area contributed by atoms with Crippen molar-refractivity contribution >= 4 is 17.5 Å². The second-order valence-corrected chi connectivity index (χ2v) is 21.6. The Morgan fingerprint density at radius 2 is 1.87 bits per heavy atom. The maximum absolute atomic E-state index is 14.6. The molecule has 8 heterocycles. The van der Waals surface area contributed by atoms with E-state index in [4.69, 9.17) is 30.4 Å². The Labute approximate surface area is 355 Å². The number of aliphatic imine (C=N–C) groups is 1. The van der Waals surface area contributed by atoms with Crippen LogP contribution in [-0.4, -0.2) is 121 Å². The molecule has 8 fully saturated rings. The number of nitrogens with two attached hydrogens (primary N) is 4. The summed E-state index contributed by atoms with van der Waals surface area (Å²) in [4.78, 5) is 34.1. The fourth-order valence-electron chi connectivity index (χ4n) is 14.9. The van der Waals surface area contributed by atoms with Crippen molar-refractivity contribution in [1.29, 1.82) is 0 Å². The number of allylic oxidation sites excluding steroid dienone is 1. The van der Waals surface area contributed by atoms with Crippen LogP contribution in [0.1, 0.15) is 97.8 Å². The molecule has 15 unspecified atom stereocenters. The van der Waals surface area contributed by atoms with Crippen molar-refractivity contribution in [1.82, 2.24) is 5.32 Å². The number of quaternary nitrogens is 3. The van der Waals surface area contributed by atoms with Crippen LogP contribution in [0.2, 0.25) is 0 Å². The Bertz CT molecular complexity index is 1760. The molecule has 0 amide bonds. The van der Waals surface area contributed by atoms with Crippen molar-refractivity contribution in [2.45, 2.75) is 170 Å². The van der Waals surface area contributed by atoms with Crippen LogP contribution in [0.25, 0.3) is 0 Å². The average Bonchev–Trinajstić information content (AvgIpc) is 3.58. The Kier molecular flexibility index (Phi) is 11.3. The van der Waals surface area contributed by atoms with Crippen LogP contribution in [0, 0.1) is 47.3 Å². The average molecular weight is 837 g/mol. The third-order valence-electron chi connectivity index (χ3n) is 17.4. The van der Waals surface area contributed by atoms with Crippen LogP contribution in [0.15, 0.2) is 29.0 Å². The van der Waals surface area contributed by atoms with Crippen molar-refractivity contribution < 1.29 is 49.2 Å². The van der Waals surface area contributed by atoms with Crippen molar-refractivity contribution in [2.24, 2.45) is 63.8 Å². The quantitative estimate of drug-likeness (QED) is 0.123. The minimum absolute atomic E-state index is 0.0111. The molecule has 10 aliphatic rings. The lowest BCUT2D eigenvalue weighted by Crippen LogP contribution is -3.08. The van der Waals surface area contributed by atoms with Crippen LogP contribution in [0.3, 0.4) is 0 Å². The molecule has 0 aromatic carbocycles. The number of hydrogen-bond donors (Lipinski definition) is 7. The number of fused-ring (bicyclic) bond motifs is 8. The lowest BCUT2D eigenvalue weighted by Gasteiger charge is -2.57. The van der Waals surface area contributed by atoms with Crippen LogP contribution in [-0.2, 0) is 28.5 Å². The number of aliphatic hydroxyl groups is 1. The third kappa shape index (κ3) is 7.50. The Hall–Kier alpha value is -2.11. The lowest BCUT2D eigenvalue weighted by molar-refractivity contribution is -0.835. The molecule has 14 nitrogen and oxygen atoms in total. The van der Waals surface area contributed by atoms with E-state index in [2.05, 4.69) is 40.3 Å². The number of hydrogen-bond acceptors (Lipinski definition) is 11. The smallest absolute Gasteiger partial charge is 0.341 e. The van der Waals surface area contributed by atoms with Gasteiger partial charge in [-0.3, -0.25) is 20.8 Å². The standard InChI is InChI=1S/C46H71N7O7/c1-23-14-33(54)39-34(57-23)18-35-38(41(39)55)31-15-24(19-49-4)10-12-46(44(56)58-42(31)45(2,3)59-35)36(60-46)9-8-25-16-37(47)52-40-28(25)6-5-7-29-30(40)17-27(51-43(29)48)21-53-20-26-11-13-50-32(26)22-53/h11,13,20,23-25,27-31,34-43,49,51-52,55H,5-10,12,14-19,21-22,47-48H2,1-4H3/p+3/t23?,24-,25?,27?,28?,29?,30?,31+,34?,35?,36-,37?,38?,39?,40?,41?,42-,43?,46+/m1/s1. The van der Waals surface area contributed by atoms with E-state index in [1.165, 1.54) is 29.0 Å². The Morgan fingerprint density at radius 1 is 1.03 bits per heavy atom. The zero-order chi connectivity index (χ0) is 41.7. The molecule has 14 heteroatoms. The minimum Gasteiger partial charge on any atom is -0.457 e. The summed E-state index contributed by atoms with van der Waals surface area (Å²) in [6.45, 7) is 8.84. The highest BCUT2D eigenvalue weighted by Crippen LogP contribution is 2.54. The van der Waals surface area contributed by atoms with Crippen molar-refractivity contribution in [3.63, 3.8) is 0 Å². The van der Waals surface area contributed by atoms with E-state index in [0.29, 0.717) is 55.0 Å². The van der Waals surface area contributed by atoms with Gasteiger partial charge < -0.3 is 45.3 Å². The summed E-state index contributed by atoms with van der Waals surface area (Å²) >= 11 is 0. The van der Waals surface area contributed by atoms with Crippen LogP contribution < -0.4 is 32.3 Å². The summed E-state index contributed by atoms with van der Waals surface area (Å²) < 4.78 is 26.4. The number of nitrogens with one attached hydrogen (secondary N) is 2. The lowest BCUT2D eigenvalue weighted by atomic mass is 9.61. The summed E-state index contributed by atoms with van der Waals surface area (Å²) in [5.74, 6) is 0.995. The second kappa shape index (κ2) is 16.2. The zero-order valence-corrected chi connectivity index (χ0v) is 36.4. The van der Waals surface area contributed by atoms with Gasteiger partial charge in [0, 0.05) is 55.1 Å². The van der Waals surface area contributed by atoms with E-state index >= 15 is 0 Å². The highest BCUT2D eigenvalue weighted by molar-refractivity contribution is 6.06. The SMILES string of the molecule is C[NH2+]C[C@@H]1CC[C@@]2(O[C@@H]2CCC2CC(N)[NH2+]C3C2CCCC2C(N)NC(C[NH+]4C=C5C=CN=C5C4)CC23)C(=O)O[C@@H]2[C@@H](C1)C1C(CC3OC(C)CC(=O)C3C1O)OC2(C)C. The van der Waals surface area contributed by atoms with E-state index in [-0.39, 0.29) is 66.3 Å². The molecule has 20 atom stereocenters. The highest BCUT2D eigenvalue weighted by Gasteiger charge is 2.67. The maximum atomic E-state index is 14.6. The van der Waals surface area contributed by atoms with Gasteiger partial charge in [-0.25, -0.2) is 4.79 Å². The van der Waals surface area contributed by atoms with E-state index in [1.807, 2.05) is 27.0 Å². The summed E-state index contributed by atoms with van der Waals surface area (Å²) in [7, 11) is 2.10. The predicted molar refractivity (Wildman–Crippen MR) is 222 cm³/mol. The van der Waals surface area contributed by atoms with Gasteiger partial charge in [0.05, 0.1) is 80.4 Å². The number of epoxide rings is 1. The van der Waals surface area contributed by atoms with Gasteiger partial charge >= 0.3 is 5.97 Å². The van der Waals surface area contributed by atoms with Gasteiger partial charge in [-0.2, -0.15) is 0 Å². The Balaban J connectivity index is 0.835. The van der Waals surface area contributed by atoms with Crippen molar-refractivity contribution in [2.75, 3.05) is 26.7 Å². The van der Waals surface area contributed by atoms with Gasteiger partial charge in [-0.05, 0) is 90.0 Å². The van der Waals surface area contributed by atoms with E-state index in [1.54, 1.807) is 0 Å². The zero-order valence-electron chi connectivity index (χ0n) is 36.4. The number of ether oxygens (including phenoxy) is 4. The van der Waals surface area contributed by atoms with Crippen LogP contribution >= 0.6 is 0 Å². The molecule has 2 aliphatic carbocycles. The predicted octanol–water partition coefficient (Wildman–Crippen LogP) is -0.987. The van der Waals surface area contributed by atoms with Gasteiger partial charge in [-0.1, -0.05) is 6.42 Å². The first kappa shape index (κ1) is 41.9. The topological polar surface area (TPSA) is 209 Å². The maximum Gasteiger partial charge on any atom is 0.341 e. The first-order valence-corrected chi connectivity index (χ1v) is 23.9. The number of piperidine rings is 2. The van der Waals surface area contributed by atoms with E-state index < -0.39 is 29.3 Å². The normalized spacial score (nSPS) is 50.5.